The normalized spacial score (nSPS) is 17.9. The fourth-order valence-electron chi connectivity index (χ4n) is 5.31. The Bertz CT molecular complexity index is 1170. The zero-order valence-electron chi connectivity index (χ0n) is 25.3. The van der Waals surface area contributed by atoms with Gasteiger partial charge in [-0.05, 0) is 86.7 Å². The third kappa shape index (κ3) is 12.2. The minimum absolute atomic E-state index is 0. The molecule has 45 heavy (non-hydrogen) atoms. The first kappa shape index (κ1) is 37.9. The summed E-state index contributed by atoms with van der Waals surface area (Å²) in [5.41, 5.74) is 15.4. The number of carboxylic acids is 2. The van der Waals surface area contributed by atoms with Crippen molar-refractivity contribution in [1.82, 2.24) is 21.3 Å². The van der Waals surface area contributed by atoms with E-state index in [2.05, 4.69) is 21.3 Å². The molecule has 4 rings (SSSR count). The molecule has 4 atom stereocenters. The van der Waals surface area contributed by atoms with Crippen LogP contribution in [0.15, 0.2) is 48.5 Å². The number of aliphatic carboxylic acids is 2. The molecule has 2 heterocycles. The number of hydrogen-bond donors (Lipinski definition) is 6. The third-order valence-electron chi connectivity index (χ3n) is 7.89. The molecule has 0 saturated heterocycles. The molecule has 12 nitrogen and oxygen atoms in total. The Morgan fingerprint density at radius 1 is 0.667 bits per heavy atom. The summed E-state index contributed by atoms with van der Waals surface area (Å²) in [5, 5.41) is 33.7. The molecule has 2 amide bonds. The van der Waals surface area contributed by atoms with E-state index < -0.39 is 36.1 Å². The number of nitrogens with two attached hydrogens (primary N) is 2. The molecule has 8 N–H and O–H groups in total. The molecule has 2 aromatic rings. The number of unbranched alkanes of at least 4 members (excludes halogenated alkanes) is 2. The Balaban J connectivity index is 0.000000307. The van der Waals surface area contributed by atoms with Crippen molar-refractivity contribution in [3.05, 3.63) is 70.8 Å². The van der Waals surface area contributed by atoms with Gasteiger partial charge in [-0.25, -0.2) is 0 Å². The van der Waals surface area contributed by atoms with Crippen LogP contribution in [0.5, 0.6) is 0 Å². The van der Waals surface area contributed by atoms with E-state index in [-0.39, 0.29) is 28.9 Å². The summed E-state index contributed by atoms with van der Waals surface area (Å²) >= 11 is 0. The van der Waals surface area contributed by atoms with Crippen molar-refractivity contribution in [3.8, 4) is 0 Å². The van der Waals surface area contributed by atoms with Gasteiger partial charge in [0.2, 0.25) is 11.8 Å². The zero-order valence-corrected chi connectivity index (χ0v) is 26.3. The van der Waals surface area contributed by atoms with Crippen molar-refractivity contribution in [2.75, 3.05) is 13.1 Å². The fraction of sp³-hybridized carbons (Fsp3) is 0.500. The minimum Gasteiger partial charge on any atom is -0.548 e. The summed E-state index contributed by atoms with van der Waals surface area (Å²) in [7, 11) is 0. The molecule has 0 bridgehead atoms. The predicted molar refractivity (Wildman–Crippen MR) is 161 cm³/mol. The van der Waals surface area contributed by atoms with Crippen LogP contribution in [-0.4, -0.2) is 61.0 Å². The summed E-state index contributed by atoms with van der Waals surface area (Å²) in [5.74, 6) is -3.09. The minimum atomic E-state index is -1.25. The Hall–Kier alpha value is -3.32. The molecule has 13 heteroatoms. The first-order valence-electron chi connectivity index (χ1n) is 15.3. The van der Waals surface area contributed by atoms with Crippen molar-refractivity contribution >= 4 is 23.8 Å². The van der Waals surface area contributed by atoms with Gasteiger partial charge in [-0.1, -0.05) is 48.5 Å². The molecule has 0 aliphatic carbocycles. The molecular formula is C32H44CuN6O6. The van der Waals surface area contributed by atoms with Gasteiger partial charge >= 0.3 is 17.1 Å². The second-order valence-corrected chi connectivity index (χ2v) is 11.1. The van der Waals surface area contributed by atoms with Crippen molar-refractivity contribution in [2.45, 2.75) is 88.6 Å². The van der Waals surface area contributed by atoms with Crippen molar-refractivity contribution in [3.63, 3.8) is 0 Å². The van der Waals surface area contributed by atoms with Crippen molar-refractivity contribution in [2.24, 2.45) is 11.5 Å². The van der Waals surface area contributed by atoms with Crippen LogP contribution >= 0.6 is 0 Å². The van der Waals surface area contributed by atoms with E-state index in [9.17, 15) is 29.4 Å². The van der Waals surface area contributed by atoms with E-state index in [0.29, 0.717) is 64.7 Å². The first-order valence-corrected chi connectivity index (χ1v) is 15.3. The van der Waals surface area contributed by atoms with Gasteiger partial charge < -0.3 is 52.5 Å². The van der Waals surface area contributed by atoms with Gasteiger partial charge in [0, 0.05) is 13.1 Å². The number of hydrogen-bond acceptors (Lipinski definition) is 10. The maximum Gasteiger partial charge on any atom is 2.00 e. The van der Waals surface area contributed by atoms with Crippen LogP contribution in [0.1, 0.15) is 60.8 Å². The van der Waals surface area contributed by atoms with E-state index in [1.54, 1.807) is 0 Å². The molecule has 2 aliphatic rings. The second kappa shape index (κ2) is 19.9. The van der Waals surface area contributed by atoms with Crippen molar-refractivity contribution < 1.29 is 46.5 Å². The van der Waals surface area contributed by atoms with Gasteiger partial charge in [-0.3, -0.25) is 9.59 Å². The molecule has 1 radical (unpaired) electrons. The Labute approximate surface area is 274 Å². The Morgan fingerprint density at radius 3 is 1.36 bits per heavy atom. The molecule has 2 unspecified atom stereocenters. The van der Waals surface area contributed by atoms with Crippen LogP contribution in [0.3, 0.4) is 0 Å². The molecule has 249 valence electrons. The van der Waals surface area contributed by atoms with Gasteiger partial charge in [0.05, 0.1) is 36.1 Å². The van der Waals surface area contributed by atoms with Crippen LogP contribution in [0, 0.1) is 0 Å². The van der Waals surface area contributed by atoms with Crippen LogP contribution in [0.2, 0.25) is 0 Å². The number of benzene rings is 2. The molecule has 0 aromatic heterocycles. The largest absolute Gasteiger partial charge is 2.00 e. The summed E-state index contributed by atoms with van der Waals surface area (Å²) < 4.78 is 0. The van der Waals surface area contributed by atoms with E-state index in [1.807, 2.05) is 48.5 Å². The van der Waals surface area contributed by atoms with E-state index in [1.165, 1.54) is 11.1 Å². The van der Waals surface area contributed by atoms with E-state index in [0.717, 1.165) is 24.0 Å². The summed E-state index contributed by atoms with van der Waals surface area (Å²) in [6.07, 6.45) is 4.56. The zero-order chi connectivity index (χ0) is 31.9. The topological polar surface area (TPSA) is 215 Å². The number of carbonyl (C=O) groups excluding carboxylic acids is 4. The van der Waals surface area contributed by atoms with Crippen molar-refractivity contribution in [1.29, 1.82) is 0 Å². The predicted octanol–water partition coefficient (Wildman–Crippen LogP) is -1.87. The van der Waals surface area contributed by atoms with Gasteiger partial charge in [0.15, 0.2) is 0 Å². The molecule has 0 fully saturated rings. The number of rotatable bonds is 14. The van der Waals surface area contributed by atoms with Gasteiger partial charge in [-0.15, -0.1) is 0 Å². The standard InChI is InChI=1S/2C16H23N3O3.Cu/c2*17-8-4-3-7-13(16(21)22)19-15(20)14-9-11-5-1-2-6-12(11)10-18-14;/h2*1-2,5-6,13-14,18H,3-4,7-10,17H2,(H,19,20)(H,21,22);/q;;+2/p-2/t2*13?,14-;/m00./s1. The van der Waals surface area contributed by atoms with E-state index >= 15 is 0 Å². The number of fused-ring (bicyclic) bond motifs is 2. The van der Waals surface area contributed by atoms with Crippen LogP contribution in [-0.2, 0) is 62.2 Å². The van der Waals surface area contributed by atoms with Gasteiger partial charge in [0.1, 0.15) is 0 Å². The fourth-order valence-corrected chi connectivity index (χ4v) is 5.31. The van der Waals surface area contributed by atoms with Crippen LogP contribution in [0.25, 0.3) is 0 Å². The summed E-state index contributed by atoms with van der Waals surface area (Å²) in [6.45, 7) is 2.23. The number of amides is 2. The molecule has 0 saturated carbocycles. The number of carbonyl (C=O) groups is 4. The van der Waals surface area contributed by atoms with E-state index in [4.69, 9.17) is 11.5 Å². The Morgan fingerprint density at radius 2 is 1.02 bits per heavy atom. The maximum atomic E-state index is 12.3. The van der Waals surface area contributed by atoms with Gasteiger partial charge in [0.25, 0.3) is 0 Å². The third-order valence-corrected chi connectivity index (χ3v) is 7.89. The Kier molecular flexibility index (Phi) is 16.8. The molecule has 0 spiro atoms. The van der Waals surface area contributed by atoms with Crippen LogP contribution in [0.4, 0.5) is 0 Å². The quantitative estimate of drug-likeness (QED) is 0.0972. The average molecular weight is 672 g/mol. The second-order valence-electron chi connectivity index (χ2n) is 11.1. The average Bonchev–Trinajstić information content (AvgIpc) is 3.03. The smallest absolute Gasteiger partial charge is 0.548 e. The monoisotopic (exact) mass is 671 g/mol. The molecule has 2 aromatic carbocycles. The first-order chi connectivity index (χ1) is 21.2. The summed E-state index contributed by atoms with van der Waals surface area (Å²) in [6, 6.07) is 13.1. The van der Waals surface area contributed by atoms with Crippen LogP contribution < -0.4 is 42.9 Å². The SMILES string of the molecule is NCCCCC(NC(=O)[C@@H]1Cc2ccccc2CN1)C(=O)[O-].NCCCCC(NC(=O)[C@@H]1Cc2ccccc2CN1)C(=O)[O-].[Cu+2]. The number of carboxylic acid groups (broad SMARTS) is 2. The number of nitrogens with one attached hydrogen (secondary N) is 4. The summed E-state index contributed by atoms with van der Waals surface area (Å²) in [4.78, 5) is 46.8. The maximum absolute atomic E-state index is 12.3. The van der Waals surface area contributed by atoms with Gasteiger partial charge in [-0.2, -0.15) is 0 Å². The molecule has 2 aliphatic heterocycles. The molecular weight excluding hydrogens is 628 g/mol.